The first-order valence-corrected chi connectivity index (χ1v) is 10.6. The molecule has 152 valence electrons. The summed E-state index contributed by atoms with van der Waals surface area (Å²) in [6.07, 6.45) is 1.53. The van der Waals surface area contributed by atoms with Crippen molar-refractivity contribution in [2.45, 2.75) is 29.6 Å². The van der Waals surface area contributed by atoms with Crippen molar-refractivity contribution in [1.29, 1.82) is 0 Å². The number of nitrogens with zero attached hydrogens (tertiary/aromatic N) is 1. The van der Waals surface area contributed by atoms with E-state index >= 15 is 4.39 Å². The molecule has 2 aromatic carbocycles. The van der Waals surface area contributed by atoms with Gasteiger partial charge in [-0.3, -0.25) is 14.6 Å². The fourth-order valence-electron chi connectivity index (χ4n) is 4.44. The van der Waals surface area contributed by atoms with Crippen LogP contribution in [-0.4, -0.2) is 27.5 Å². The van der Waals surface area contributed by atoms with Gasteiger partial charge in [-0.15, -0.1) is 0 Å². The fraction of sp³-hybridized carbons (Fsp3) is 0.261. The summed E-state index contributed by atoms with van der Waals surface area (Å²) in [7, 11) is 0. The van der Waals surface area contributed by atoms with Gasteiger partial charge in [0.05, 0.1) is 23.4 Å². The highest BCUT2D eigenvalue weighted by molar-refractivity contribution is 9.09. The third-order valence-corrected chi connectivity index (χ3v) is 6.42. The molecule has 1 amide bonds. The maximum atomic E-state index is 15.8. The molecule has 0 bridgehead atoms. The van der Waals surface area contributed by atoms with Gasteiger partial charge in [0.2, 0.25) is 0 Å². The van der Waals surface area contributed by atoms with E-state index in [1.54, 1.807) is 12.1 Å². The number of pyridine rings is 1. The number of carbonyl (C=O) groups is 2. The Morgan fingerprint density at radius 1 is 1.20 bits per heavy atom. The van der Waals surface area contributed by atoms with Crippen LogP contribution in [0.5, 0.6) is 5.75 Å². The predicted octanol–water partition coefficient (Wildman–Crippen LogP) is 4.51. The van der Waals surface area contributed by atoms with Gasteiger partial charge in [0.1, 0.15) is 11.5 Å². The summed E-state index contributed by atoms with van der Waals surface area (Å²) in [6.45, 7) is 0. The smallest absolute Gasteiger partial charge is 0.255 e. The number of hydrogen-bond donors (Lipinski definition) is 1. The zero-order valence-corrected chi connectivity index (χ0v) is 17.4. The summed E-state index contributed by atoms with van der Waals surface area (Å²) in [5.74, 6) is -3.61. The van der Waals surface area contributed by atoms with E-state index in [1.165, 1.54) is 6.20 Å². The van der Waals surface area contributed by atoms with Gasteiger partial charge >= 0.3 is 0 Å². The van der Waals surface area contributed by atoms with Crippen LogP contribution in [0, 0.1) is 5.92 Å². The molecule has 1 aliphatic carbocycles. The number of hydrogen-bond acceptors (Lipinski definition) is 4. The second-order valence-electron chi connectivity index (χ2n) is 7.76. The number of rotatable bonds is 3. The van der Waals surface area contributed by atoms with Crippen molar-refractivity contribution in [2.75, 3.05) is 0 Å². The molecule has 4 atom stereocenters. The summed E-state index contributed by atoms with van der Waals surface area (Å²) in [4.78, 5) is 29.6. The van der Waals surface area contributed by atoms with Crippen LogP contribution in [0.1, 0.15) is 34.7 Å². The number of nitrogens with one attached hydrogen (secondary N) is 1. The van der Waals surface area contributed by atoms with Crippen LogP contribution >= 0.6 is 15.9 Å². The van der Waals surface area contributed by atoms with Crippen molar-refractivity contribution >= 4 is 38.5 Å². The zero-order valence-electron chi connectivity index (χ0n) is 15.8. The lowest BCUT2D eigenvalue weighted by atomic mass is 9.64. The van der Waals surface area contributed by atoms with E-state index in [0.717, 1.165) is 16.5 Å². The number of Topliss-reactive ketones (excluding diaryl/α,β-unsaturated/α-hetero) is 1. The Balaban J connectivity index is 1.43. The molecule has 1 aliphatic heterocycles. The minimum atomic E-state index is -2.11. The molecule has 2 heterocycles. The van der Waals surface area contributed by atoms with E-state index in [-0.39, 0.29) is 28.7 Å². The van der Waals surface area contributed by atoms with Gasteiger partial charge in [-0.1, -0.05) is 36.4 Å². The van der Waals surface area contributed by atoms with Crippen molar-refractivity contribution in [3.63, 3.8) is 0 Å². The number of amides is 1. The first-order valence-electron chi connectivity index (χ1n) is 9.73. The lowest BCUT2D eigenvalue weighted by molar-refractivity contribution is -0.151. The van der Waals surface area contributed by atoms with Crippen LogP contribution in [0.2, 0.25) is 0 Å². The van der Waals surface area contributed by atoms with Crippen LogP contribution in [0.15, 0.2) is 60.8 Å². The second kappa shape index (κ2) is 7.16. The monoisotopic (exact) mass is 468 g/mol. The first kappa shape index (κ1) is 19.2. The number of alkyl halides is 2. The van der Waals surface area contributed by atoms with E-state index in [9.17, 15) is 9.59 Å². The van der Waals surface area contributed by atoms with Gasteiger partial charge in [0.15, 0.2) is 10.8 Å². The number of aromatic nitrogens is 1. The van der Waals surface area contributed by atoms with Crippen molar-refractivity contribution in [1.82, 2.24) is 10.3 Å². The maximum Gasteiger partial charge on any atom is 0.255 e. The Bertz CT molecular complexity index is 1170. The second-order valence-corrected chi connectivity index (χ2v) is 8.78. The summed E-state index contributed by atoms with van der Waals surface area (Å²) >= 11 is 3.44. The summed E-state index contributed by atoms with van der Waals surface area (Å²) in [6, 6.07) is 16.4. The summed E-state index contributed by atoms with van der Waals surface area (Å²) in [5.41, 5.74) is 1.80. The largest absolute Gasteiger partial charge is 0.479 e. The minimum absolute atomic E-state index is 0.198. The zero-order chi connectivity index (χ0) is 20.9. The van der Waals surface area contributed by atoms with E-state index < -0.39 is 17.6 Å². The molecule has 0 radical (unpaired) electrons. The molecular weight excluding hydrogens is 451 g/mol. The third-order valence-electron chi connectivity index (χ3n) is 5.86. The van der Waals surface area contributed by atoms with Crippen LogP contribution in [0.3, 0.4) is 0 Å². The van der Waals surface area contributed by atoms with Crippen LogP contribution in [-0.2, 0) is 4.79 Å². The summed E-state index contributed by atoms with van der Waals surface area (Å²) in [5, 5.41) is 2.94. The van der Waals surface area contributed by atoms with Crippen LogP contribution in [0.4, 0.5) is 4.39 Å². The molecule has 1 aromatic heterocycles. The van der Waals surface area contributed by atoms with Crippen LogP contribution in [0.25, 0.3) is 10.9 Å². The van der Waals surface area contributed by atoms with Gasteiger partial charge in [-0.25, -0.2) is 4.39 Å². The molecule has 1 fully saturated rings. The fourth-order valence-corrected chi connectivity index (χ4v) is 5.05. The molecule has 1 saturated carbocycles. The number of fused-ring (bicyclic) bond motifs is 2. The van der Waals surface area contributed by atoms with E-state index in [2.05, 4.69) is 26.2 Å². The average molecular weight is 469 g/mol. The van der Waals surface area contributed by atoms with E-state index in [4.69, 9.17) is 4.74 Å². The third kappa shape index (κ3) is 3.17. The Hall–Kier alpha value is -2.80. The number of carbonyl (C=O) groups excluding carboxylic acids is 2. The van der Waals surface area contributed by atoms with Gasteiger partial charge in [0, 0.05) is 23.9 Å². The molecule has 3 unspecified atom stereocenters. The molecule has 2 aliphatic rings. The highest BCUT2D eigenvalue weighted by Gasteiger charge is 2.60. The number of ketones is 1. The lowest BCUT2D eigenvalue weighted by Gasteiger charge is -2.47. The normalized spacial score (nSPS) is 27.7. The Morgan fingerprint density at radius 2 is 1.97 bits per heavy atom. The van der Waals surface area contributed by atoms with Gasteiger partial charge in [-0.05, 0) is 39.7 Å². The first-order chi connectivity index (χ1) is 14.4. The quantitative estimate of drug-likeness (QED) is 0.453. The highest BCUT2D eigenvalue weighted by atomic mass is 79.9. The molecule has 30 heavy (non-hydrogen) atoms. The molecule has 0 spiro atoms. The number of benzene rings is 2. The van der Waals surface area contributed by atoms with Crippen molar-refractivity contribution in [3.05, 3.63) is 71.9 Å². The number of para-hydroxylation sites is 2. The van der Waals surface area contributed by atoms with E-state index in [1.807, 2.05) is 42.5 Å². The SMILES string of the molecule is O=C(NC1(F)CC(=O)C1[C@@H]1CC(Br)Oc2ccccc21)c1cnc2ccccc2c1. The molecule has 5 rings (SSSR count). The van der Waals surface area contributed by atoms with Gasteiger partial charge in [-0.2, -0.15) is 0 Å². The number of ether oxygens (including phenoxy) is 1. The minimum Gasteiger partial charge on any atom is -0.479 e. The number of halogens is 2. The Labute approximate surface area is 180 Å². The van der Waals surface area contributed by atoms with Crippen LogP contribution < -0.4 is 10.1 Å². The Morgan fingerprint density at radius 3 is 2.80 bits per heavy atom. The molecular formula is C23H18BrFN2O3. The molecule has 0 saturated heterocycles. The molecule has 5 nitrogen and oxygen atoms in total. The standard InChI is InChI=1S/C23H18BrFN2O3/c24-20-10-16(15-6-2-4-8-19(15)30-20)21-18(28)11-23(21,25)27-22(29)14-9-13-5-1-3-7-17(13)26-12-14/h1-9,12,16,20-21H,10-11H2,(H,27,29)/t16-,20?,21?,23?/m1/s1. The lowest BCUT2D eigenvalue weighted by Crippen LogP contribution is -2.64. The highest BCUT2D eigenvalue weighted by Crippen LogP contribution is 2.51. The Kier molecular flexibility index (Phi) is 4.58. The maximum absolute atomic E-state index is 15.8. The molecule has 7 heteroatoms. The van der Waals surface area contributed by atoms with Crippen molar-refractivity contribution in [3.8, 4) is 5.75 Å². The topological polar surface area (TPSA) is 68.3 Å². The average Bonchev–Trinajstić information content (AvgIpc) is 2.72. The van der Waals surface area contributed by atoms with Crippen molar-refractivity contribution < 1.29 is 18.7 Å². The van der Waals surface area contributed by atoms with Crippen molar-refractivity contribution in [2.24, 2.45) is 5.92 Å². The molecule has 3 aromatic rings. The van der Waals surface area contributed by atoms with E-state index in [0.29, 0.717) is 12.2 Å². The molecule has 1 N–H and O–H groups in total. The van der Waals surface area contributed by atoms with Gasteiger partial charge < -0.3 is 10.1 Å². The predicted molar refractivity (Wildman–Crippen MR) is 113 cm³/mol. The summed E-state index contributed by atoms with van der Waals surface area (Å²) < 4.78 is 21.6. The van der Waals surface area contributed by atoms with Gasteiger partial charge in [0.25, 0.3) is 5.91 Å².